The minimum absolute atomic E-state index is 0.0254. The number of benzene rings is 1. The van der Waals surface area contributed by atoms with Crippen LogP contribution in [0.3, 0.4) is 0 Å². The summed E-state index contributed by atoms with van der Waals surface area (Å²) in [6, 6.07) is 7.47. The van der Waals surface area contributed by atoms with Gasteiger partial charge in [-0.05, 0) is 30.9 Å². The molecule has 2 aromatic rings. The number of para-hydroxylation sites is 1. The van der Waals surface area contributed by atoms with Crippen LogP contribution in [0.5, 0.6) is 0 Å². The average Bonchev–Trinajstić information content (AvgIpc) is 3.33. The van der Waals surface area contributed by atoms with Crippen molar-refractivity contribution in [3.8, 4) is 0 Å². The molecule has 6 nitrogen and oxygen atoms in total. The fraction of sp³-hybridized carbons (Fsp3) is 0.389. The van der Waals surface area contributed by atoms with Crippen LogP contribution in [0, 0.1) is 5.92 Å². The largest absolute Gasteiger partial charge is 0.345 e. The van der Waals surface area contributed by atoms with Crippen molar-refractivity contribution in [2.75, 3.05) is 11.1 Å². The lowest BCUT2D eigenvalue weighted by Gasteiger charge is -2.18. The van der Waals surface area contributed by atoms with Crippen LogP contribution in [0.25, 0.3) is 0 Å². The molecule has 2 N–H and O–H groups in total. The minimum atomic E-state index is -0.124. The quantitative estimate of drug-likeness (QED) is 0.746. The van der Waals surface area contributed by atoms with E-state index in [9.17, 15) is 9.59 Å². The van der Waals surface area contributed by atoms with Gasteiger partial charge in [0.25, 0.3) is 0 Å². The van der Waals surface area contributed by atoms with Crippen molar-refractivity contribution >= 4 is 29.3 Å². The molecule has 1 aliphatic rings. The summed E-state index contributed by atoms with van der Waals surface area (Å²) in [5.74, 6) is 1.52. The number of nitrogens with one attached hydrogen (secondary N) is 2. The smallest absolute Gasteiger partial charge is 0.230 e. The van der Waals surface area contributed by atoms with Gasteiger partial charge in [0.1, 0.15) is 5.82 Å². The molecule has 0 spiro atoms. The number of aromatic nitrogens is 2. The molecular weight excluding hydrogens is 336 g/mol. The van der Waals surface area contributed by atoms with Gasteiger partial charge in [0.05, 0.1) is 17.5 Å². The summed E-state index contributed by atoms with van der Waals surface area (Å²) in [4.78, 5) is 29.0. The third-order valence-electron chi connectivity index (χ3n) is 4.10. The molecule has 1 saturated carbocycles. The highest BCUT2D eigenvalue weighted by molar-refractivity contribution is 8.00. The average molecular weight is 358 g/mol. The van der Waals surface area contributed by atoms with Crippen molar-refractivity contribution in [2.24, 2.45) is 13.0 Å². The first-order valence-corrected chi connectivity index (χ1v) is 9.29. The lowest BCUT2D eigenvalue weighted by Crippen LogP contribution is -2.32. The summed E-state index contributed by atoms with van der Waals surface area (Å²) in [6.07, 6.45) is 5.90. The highest BCUT2D eigenvalue weighted by Gasteiger charge is 2.35. The molecule has 1 heterocycles. The van der Waals surface area contributed by atoms with Crippen LogP contribution in [0.1, 0.15) is 31.6 Å². The Morgan fingerprint density at radius 2 is 2.12 bits per heavy atom. The molecular formula is C18H22N4O2S. The van der Waals surface area contributed by atoms with Crippen LogP contribution in [-0.4, -0.2) is 27.1 Å². The van der Waals surface area contributed by atoms with Crippen molar-refractivity contribution < 1.29 is 9.59 Å². The normalized spacial score (nSPS) is 14.8. The molecule has 2 amide bonds. The lowest BCUT2D eigenvalue weighted by molar-refractivity contribution is -0.119. The summed E-state index contributed by atoms with van der Waals surface area (Å²) >= 11 is 1.42. The van der Waals surface area contributed by atoms with Gasteiger partial charge in [-0.15, -0.1) is 11.8 Å². The molecule has 132 valence electrons. The predicted molar refractivity (Wildman–Crippen MR) is 98.3 cm³/mol. The maximum Gasteiger partial charge on any atom is 0.230 e. The van der Waals surface area contributed by atoms with E-state index in [0.717, 1.165) is 29.2 Å². The minimum Gasteiger partial charge on any atom is -0.345 e. The fourth-order valence-corrected chi connectivity index (χ4v) is 3.56. The Hall–Kier alpha value is -2.28. The number of rotatable bonds is 7. The first kappa shape index (κ1) is 17.5. The van der Waals surface area contributed by atoms with E-state index in [1.54, 1.807) is 6.20 Å². The van der Waals surface area contributed by atoms with Gasteiger partial charge in [0.15, 0.2) is 0 Å². The number of carbonyl (C=O) groups excluding carboxylic acids is 2. The number of imidazole rings is 1. The molecule has 0 bridgehead atoms. The van der Waals surface area contributed by atoms with Gasteiger partial charge < -0.3 is 15.2 Å². The van der Waals surface area contributed by atoms with Crippen molar-refractivity contribution in [2.45, 2.75) is 30.7 Å². The second-order valence-corrected chi connectivity index (χ2v) is 7.26. The van der Waals surface area contributed by atoms with E-state index in [1.807, 2.05) is 42.1 Å². The summed E-state index contributed by atoms with van der Waals surface area (Å²) in [5.41, 5.74) is 0.732. The van der Waals surface area contributed by atoms with Gasteiger partial charge in [0, 0.05) is 31.3 Å². The maximum absolute atomic E-state index is 12.4. The van der Waals surface area contributed by atoms with Gasteiger partial charge in [-0.2, -0.15) is 0 Å². The lowest BCUT2D eigenvalue weighted by atomic mass is 10.1. The SMILES string of the molecule is CC(=O)Nc1ccccc1SCC(=O)N[C@H](c1nccn1C)C1CC1. The first-order valence-electron chi connectivity index (χ1n) is 8.30. The Bertz CT molecular complexity index is 770. The van der Waals surface area contributed by atoms with Crippen LogP contribution in [-0.2, 0) is 16.6 Å². The molecule has 25 heavy (non-hydrogen) atoms. The zero-order chi connectivity index (χ0) is 17.8. The number of nitrogens with zero attached hydrogens (tertiary/aromatic N) is 2. The third kappa shape index (κ3) is 4.63. The Kier molecular flexibility index (Phi) is 5.43. The number of anilines is 1. The highest BCUT2D eigenvalue weighted by Crippen LogP contribution is 2.40. The Morgan fingerprint density at radius 3 is 2.76 bits per heavy atom. The molecule has 0 saturated heterocycles. The predicted octanol–water partition coefficient (Wildman–Crippen LogP) is 2.74. The standard InChI is InChI=1S/C18H22N4O2S/c1-12(23)20-14-5-3-4-6-15(14)25-11-16(24)21-17(13-7-8-13)18-19-9-10-22(18)2/h3-6,9-10,13,17H,7-8,11H2,1-2H3,(H,20,23)(H,21,24)/t17-/m0/s1. The zero-order valence-corrected chi connectivity index (χ0v) is 15.2. The van der Waals surface area contributed by atoms with Gasteiger partial charge in [-0.25, -0.2) is 4.98 Å². The second kappa shape index (κ2) is 7.74. The van der Waals surface area contributed by atoms with Crippen molar-refractivity contribution in [1.29, 1.82) is 0 Å². The molecule has 0 radical (unpaired) electrons. The molecule has 1 aliphatic carbocycles. The Labute approximate surface area is 151 Å². The number of hydrogen-bond acceptors (Lipinski definition) is 4. The van der Waals surface area contributed by atoms with Gasteiger partial charge in [-0.3, -0.25) is 9.59 Å². The molecule has 0 aliphatic heterocycles. The summed E-state index contributed by atoms with van der Waals surface area (Å²) in [7, 11) is 1.95. The monoisotopic (exact) mass is 358 g/mol. The molecule has 1 fully saturated rings. The van der Waals surface area contributed by atoms with Crippen LogP contribution < -0.4 is 10.6 Å². The van der Waals surface area contributed by atoms with Gasteiger partial charge in [0.2, 0.25) is 11.8 Å². The third-order valence-corrected chi connectivity index (χ3v) is 5.18. The van der Waals surface area contributed by atoms with Gasteiger partial charge in [-0.1, -0.05) is 12.1 Å². The van der Waals surface area contributed by atoms with Gasteiger partial charge >= 0.3 is 0 Å². The zero-order valence-electron chi connectivity index (χ0n) is 14.4. The Morgan fingerprint density at radius 1 is 1.36 bits per heavy atom. The highest BCUT2D eigenvalue weighted by atomic mass is 32.2. The van der Waals surface area contributed by atoms with E-state index < -0.39 is 0 Å². The molecule has 7 heteroatoms. The van der Waals surface area contributed by atoms with Crippen molar-refractivity contribution in [1.82, 2.24) is 14.9 Å². The Balaban J connectivity index is 1.61. The van der Waals surface area contributed by atoms with E-state index >= 15 is 0 Å². The van der Waals surface area contributed by atoms with Crippen LogP contribution >= 0.6 is 11.8 Å². The first-order chi connectivity index (χ1) is 12.0. The molecule has 1 aromatic carbocycles. The van der Waals surface area contributed by atoms with Crippen molar-refractivity contribution in [3.63, 3.8) is 0 Å². The van der Waals surface area contributed by atoms with E-state index in [-0.39, 0.29) is 17.9 Å². The maximum atomic E-state index is 12.4. The summed E-state index contributed by atoms with van der Waals surface area (Å²) < 4.78 is 1.96. The molecule has 0 unspecified atom stereocenters. The number of aryl methyl sites for hydroxylation is 1. The summed E-state index contributed by atoms with van der Waals surface area (Å²) in [6.45, 7) is 1.47. The van der Waals surface area contributed by atoms with E-state index in [4.69, 9.17) is 0 Å². The van der Waals surface area contributed by atoms with E-state index in [2.05, 4.69) is 15.6 Å². The van der Waals surface area contributed by atoms with E-state index in [0.29, 0.717) is 11.7 Å². The van der Waals surface area contributed by atoms with Crippen LogP contribution in [0.2, 0.25) is 0 Å². The summed E-state index contributed by atoms with van der Waals surface area (Å²) in [5, 5.41) is 5.91. The molecule has 3 rings (SSSR count). The number of carbonyl (C=O) groups is 2. The number of thioether (sulfide) groups is 1. The number of amides is 2. The van der Waals surface area contributed by atoms with Crippen LogP contribution in [0.4, 0.5) is 5.69 Å². The van der Waals surface area contributed by atoms with Crippen molar-refractivity contribution in [3.05, 3.63) is 42.5 Å². The topological polar surface area (TPSA) is 76.0 Å². The van der Waals surface area contributed by atoms with Crippen LogP contribution in [0.15, 0.2) is 41.6 Å². The number of hydrogen-bond donors (Lipinski definition) is 2. The second-order valence-electron chi connectivity index (χ2n) is 6.24. The fourth-order valence-electron chi connectivity index (χ4n) is 2.74. The molecule has 1 atom stereocenters. The molecule has 1 aromatic heterocycles. The van der Waals surface area contributed by atoms with E-state index in [1.165, 1.54) is 18.7 Å².